The van der Waals surface area contributed by atoms with Crippen LogP contribution in [0.2, 0.25) is 0 Å². The molecule has 3 rings (SSSR count). The summed E-state index contributed by atoms with van der Waals surface area (Å²) < 4.78 is 21.9. The van der Waals surface area contributed by atoms with Crippen LogP contribution in [-0.4, -0.2) is 33.0 Å². The topological polar surface area (TPSA) is 57.2 Å². The van der Waals surface area contributed by atoms with Crippen molar-refractivity contribution in [2.75, 3.05) is 27.9 Å². The molecule has 2 aromatic rings. The van der Waals surface area contributed by atoms with Gasteiger partial charge in [-0.25, -0.2) is 0 Å². The molecule has 0 aliphatic carbocycles. The van der Waals surface area contributed by atoms with Crippen LogP contribution in [0.1, 0.15) is 23.1 Å². The molecule has 0 fully saturated rings. The van der Waals surface area contributed by atoms with Crippen molar-refractivity contribution in [2.24, 2.45) is 0 Å². The van der Waals surface area contributed by atoms with Gasteiger partial charge >= 0.3 is 0 Å². The van der Waals surface area contributed by atoms with Crippen molar-refractivity contribution in [1.29, 1.82) is 0 Å². The van der Waals surface area contributed by atoms with Gasteiger partial charge in [-0.15, -0.1) is 0 Å². The molecule has 0 aromatic heterocycles. The standard InChI is InChI=1S/C18H20O5/c1-20-12-5-7-15-13(9-12)14(10-19)18(23-15)11-4-6-16(21-2)17(8-11)22-3/h4-9,14,18-19H,10H2,1-3H3/t14-,18+/m1/s1. The average Bonchev–Trinajstić information content (AvgIpc) is 2.98. The van der Waals surface area contributed by atoms with E-state index >= 15 is 0 Å². The van der Waals surface area contributed by atoms with E-state index in [-0.39, 0.29) is 18.6 Å². The lowest BCUT2D eigenvalue weighted by atomic mass is 9.91. The van der Waals surface area contributed by atoms with E-state index in [0.29, 0.717) is 11.5 Å². The SMILES string of the molecule is COc1ccc2c(c1)[C@@H](CO)[C@H](c1ccc(OC)c(OC)c1)O2. The van der Waals surface area contributed by atoms with Gasteiger partial charge in [0.25, 0.3) is 0 Å². The Morgan fingerprint density at radius 1 is 0.957 bits per heavy atom. The van der Waals surface area contributed by atoms with Crippen molar-refractivity contribution in [2.45, 2.75) is 12.0 Å². The van der Waals surface area contributed by atoms with Crippen molar-refractivity contribution in [3.8, 4) is 23.0 Å². The number of aliphatic hydroxyl groups excluding tert-OH is 1. The minimum Gasteiger partial charge on any atom is -0.497 e. The molecule has 122 valence electrons. The lowest BCUT2D eigenvalue weighted by Crippen LogP contribution is -2.13. The molecule has 0 spiro atoms. The number of hydrogen-bond donors (Lipinski definition) is 1. The zero-order valence-electron chi connectivity index (χ0n) is 13.4. The Bertz CT molecular complexity index is 698. The smallest absolute Gasteiger partial charge is 0.161 e. The molecule has 1 N–H and O–H groups in total. The Labute approximate surface area is 135 Å². The molecule has 0 amide bonds. The maximum absolute atomic E-state index is 9.86. The van der Waals surface area contributed by atoms with E-state index in [9.17, 15) is 5.11 Å². The number of hydrogen-bond acceptors (Lipinski definition) is 5. The maximum atomic E-state index is 9.86. The van der Waals surface area contributed by atoms with E-state index in [1.807, 2.05) is 36.4 Å². The molecule has 2 atom stereocenters. The van der Waals surface area contributed by atoms with Gasteiger partial charge in [0.15, 0.2) is 11.5 Å². The van der Waals surface area contributed by atoms with Crippen LogP contribution in [0, 0.1) is 0 Å². The van der Waals surface area contributed by atoms with Crippen molar-refractivity contribution >= 4 is 0 Å². The molecule has 0 saturated carbocycles. The summed E-state index contributed by atoms with van der Waals surface area (Å²) in [7, 11) is 4.82. The number of methoxy groups -OCH3 is 3. The third-order valence-electron chi connectivity index (χ3n) is 4.17. The summed E-state index contributed by atoms with van der Waals surface area (Å²) in [6.07, 6.45) is -0.276. The van der Waals surface area contributed by atoms with E-state index in [1.54, 1.807) is 21.3 Å². The van der Waals surface area contributed by atoms with Crippen LogP contribution in [0.4, 0.5) is 0 Å². The third-order valence-corrected chi connectivity index (χ3v) is 4.17. The van der Waals surface area contributed by atoms with Crippen LogP contribution in [0.15, 0.2) is 36.4 Å². The van der Waals surface area contributed by atoms with Gasteiger partial charge in [0.1, 0.15) is 17.6 Å². The quantitative estimate of drug-likeness (QED) is 0.919. The van der Waals surface area contributed by atoms with Gasteiger partial charge in [-0.05, 0) is 35.9 Å². The maximum Gasteiger partial charge on any atom is 0.161 e. The first kappa shape index (κ1) is 15.5. The predicted molar refractivity (Wildman–Crippen MR) is 85.7 cm³/mol. The molecule has 1 heterocycles. The Hall–Kier alpha value is -2.40. The van der Waals surface area contributed by atoms with Gasteiger partial charge in [0.2, 0.25) is 0 Å². The van der Waals surface area contributed by atoms with Gasteiger partial charge in [0, 0.05) is 5.56 Å². The van der Waals surface area contributed by atoms with Crippen molar-refractivity contribution in [3.05, 3.63) is 47.5 Å². The summed E-state index contributed by atoms with van der Waals surface area (Å²) in [4.78, 5) is 0. The van der Waals surface area contributed by atoms with Crippen LogP contribution in [-0.2, 0) is 0 Å². The van der Waals surface area contributed by atoms with Crippen molar-refractivity contribution < 1.29 is 24.1 Å². The van der Waals surface area contributed by atoms with Crippen LogP contribution < -0.4 is 18.9 Å². The average molecular weight is 316 g/mol. The molecule has 5 nitrogen and oxygen atoms in total. The largest absolute Gasteiger partial charge is 0.497 e. The minimum atomic E-state index is -0.276. The molecule has 0 radical (unpaired) electrons. The molecular formula is C18H20O5. The highest BCUT2D eigenvalue weighted by atomic mass is 16.5. The van der Waals surface area contributed by atoms with E-state index in [0.717, 1.165) is 22.6 Å². The molecule has 1 aliphatic rings. The Morgan fingerprint density at radius 2 is 1.74 bits per heavy atom. The normalized spacial score (nSPS) is 19.0. The fourth-order valence-corrected chi connectivity index (χ4v) is 2.96. The molecule has 1 aliphatic heterocycles. The molecular weight excluding hydrogens is 296 g/mol. The fourth-order valence-electron chi connectivity index (χ4n) is 2.96. The van der Waals surface area contributed by atoms with E-state index in [2.05, 4.69) is 0 Å². The summed E-state index contributed by atoms with van der Waals surface area (Å²) in [5, 5.41) is 9.86. The second-order valence-electron chi connectivity index (χ2n) is 5.35. The summed E-state index contributed by atoms with van der Waals surface area (Å²) in [6, 6.07) is 11.3. The number of benzene rings is 2. The van der Waals surface area contributed by atoms with E-state index in [4.69, 9.17) is 18.9 Å². The van der Waals surface area contributed by atoms with Gasteiger partial charge in [-0.2, -0.15) is 0 Å². The second kappa shape index (κ2) is 6.38. The van der Waals surface area contributed by atoms with Gasteiger partial charge in [0.05, 0.1) is 33.9 Å². The van der Waals surface area contributed by atoms with Gasteiger partial charge in [-0.1, -0.05) is 6.07 Å². The third kappa shape index (κ3) is 2.68. The minimum absolute atomic E-state index is 0.0147. The summed E-state index contributed by atoms with van der Waals surface area (Å²) >= 11 is 0. The molecule has 2 aromatic carbocycles. The summed E-state index contributed by atoms with van der Waals surface area (Å²) in [6.45, 7) is -0.0147. The molecule has 0 bridgehead atoms. The van der Waals surface area contributed by atoms with Crippen molar-refractivity contribution in [1.82, 2.24) is 0 Å². The van der Waals surface area contributed by atoms with E-state index < -0.39 is 0 Å². The Balaban J connectivity index is 1.98. The zero-order chi connectivity index (χ0) is 16.4. The van der Waals surface area contributed by atoms with Gasteiger partial charge in [-0.3, -0.25) is 0 Å². The van der Waals surface area contributed by atoms with Crippen LogP contribution in [0.25, 0.3) is 0 Å². The number of fused-ring (bicyclic) bond motifs is 1. The van der Waals surface area contributed by atoms with Crippen LogP contribution in [0.5, 0.6) is 23.0 Å². The summed E-state index contributed by atoms with van der Waals surface area (Å²) in [5.41, 5.74) is 1.88. The molecule has 5 heteroatoms. The molecule has 23 heavy (non-hydrogen) atoms. The first-order valence-corrected chi connectivity index (χ1v) is 7.39. The zero-order valence-corrected chi connectivity index (χ0v) is 13.4. The Morgan fingerprint density at radius 3 is 2.39 bits per heavy atom. The fraction of sp³-hybridized carbons (Fsp3) is 0.333. The lowest BCUT2D eigenvalue weighted by molar-refractivity contribution is 0.159. The highest BCUT2D eigenvalue weighted by molar-refractivity contribution is 5.50. The highest BCUT2D eigenvalue weighted by Gasteiger charge is 2.35. The predicted octanol–water partition coefficient (Wildman–Crippen LogP) is 2.92. The van der Waals surface area contributed by atoms with Crippen LogP contribution >= 0.6 is 0 Å². The summed E-state index contributed by atoms with van der Waals surface area (Å²) in [5.74, 6) is 2.66. The number of ether oxygens (including phenoxy) is 4. The second-order valence-corrected chi connectivity index (χ2v) is 5.35. The van der Waals surface area contributed by atoms with Crippen molar-refractivity contribution in [3.63, 3.8) is 0 Å². The molecule has 0 unspecified atom stereocenters. The first-order valence-electron chi connectivity index (χ1n) is 7.39. The van der Waals surface area contributed by atoms with E-state index in [1.165, 1.54) is 0 Å². The number of aliphatic hydroxyl groups is 1. The number of rotatable bonds is 5. The van der Waals surface area contributed by atoms with Gasteiger partial charge < -0.3 is 24.1 Å². The lowest BCUT2D eigenvalue weighted by Gasteiger charge is -2.19. The first-order chi connectivity index (χ1) is 11.2. The Kier molecular flexibility index (Phi) is 4.30. The van der Waals surface area contributed by atoms with Crippen LogP contribution in [0.3, 0.4) is 0 Å². The monoisotopic (exact) mass is 316 g/mol. The molecule has 0 saturated heterocycles. The highest BCUT2D eigenvalue weighted by Crippen LogP contribution is 2.48.